The Labute approximate surface area is 117 Å². The molecule has 4 nitrogen and oxygen atoms in total. The molecule has 1 aromatic rings. The summed E-state index contributed by atoms with van der Waals surface area (Å²) in [6.07, 6.45) is 1.51. The Morgan fingerprint density at radius 3 is 2.50 bits per heavy atom. The molecule has 0 aromatic heterocycles. The normalized spacial score (nSPS) is 24.8. The Bertz CT molecular complexity index is 572. The summed E-state index contributed by atoms with van der Waals surface area (Å²) >= 11 is 0. The maximum absolute atomic E-state index is 13.8. The van der Waals surface area contributed by atoms with Crippen molar-refractivity contribution >= 4 is 10.0 Å². The van der Waals surface area contributed by atoms with Crippen LogP contribution in [0.4, 0.5) is 8.78 Å². The second kappa shape index (κ2) is 5.75. The van der Waals surface area contributed by atoms with Crippen molar-refractivity contribution in [2.24, 2.45) is 11.7 Å². The average molecular weight is 304 g/mol. The lowest BCUT2D eigenvalue weighted by Crippen LogP contribution is -2.51. The highest BCUT2D eigenvalue weighted by atomic mass is 32.2. The summed E-state index contributed by atoms with van der Waals surface area (Å²) in [6, 6.07) is 2.61. The molecule has 1 saturated heterocycles. The fraction of sp³-hybridized carbons (Fsp3) is 0.538. The van der Waals surface area contributed by atoms with Crippen molar-refractivity contribution in [1.82, 2.24) is 4.31 Å². The Kier molecular flexibility index (Phi) is 4.41. The molecule has 7 heteroatoms. The van der Waals surface area contributed by atoms with E-state index in [4.69, 9.17) is 5.73 Å². The number of nitrogens with two attached hydrogens (primary N) is 1. The fourth-order valence-electron chi connectivity index (χ4n) is 2.71. The average Bonchev–Trinajstić information content (AvgIpc) is 2.37. The number of sulfonamides is 1. The van der Waals surface area contributed by atoms with Crippen LogP contribution >= 0.6 is 0 Å². The molecule has 112 valence electrons. The minimum absolute atomic E-state index is 0.0679. The molecule has 2 rings (SSSR count). The van der Waals surface area contributed by atoms with Gasteiger partial charge in [-0.15, -0.1) is 0 Å². The summed E-state index contributed by atoms with van der Waals surface area (Å²) in [5.41, 5.74) is 5.64. The zero-order chi connectivity index (χ0) is 14.9. The van der Waals surface area contributed by atoms with Crippen molar-refractivity contribution < 1.29 is 17.2 Å². The summed E-state index contributed by atoms with van der Waals surface area (Å²) in [4.78, 5) is -0.882. The van der Waals surface area contributed by atoms with Crippen LogP contribution in [0, 0.1) is 17.6 Å². The lowest BCUT2D eigenvalue weighted by atomic mass is 9.93. The topological polar surface area (TPSA) is 63.4 Å². The molecule has 0 amide bonds. The van der Waals surface area contributed by atoms with E-state index in [1.807, 2.05) is 6.92 Å². The van der Waals surface area contributed by atoms with E-state index in [9.17, 15) is 17.2 Å². The highest BCUT2D eigenvalue weighted by Gasteiger charge is 2.39. The molecule has 0 bridgehead atoms. The predicted octanol–water partition coefficient (Wildman–Crippen LogP) is 1.71. The minimum atomic E-state index is -4.21. The van der Waals surface area contributed by atoms with Gasteiger partial charge in [-0.25, -0.2) is 17.2 Å². The van der Waals surface area contributed by atoms with Crippen LogP contribution in [0.5, 0.6) is 0 Å². The lowest BCUT2D eigenvalue weighted by molar-refractivity contribution is 0.191. The van der Waals surface area contributed by atoms with Gasteiger partial charge in [-0.1, -0.05) is 13.0 Å². The van der Waals surface area contributed by atoms with E-state index in [1.54, 1.807) is 0 Å². The van der Waals surface area contributed by atoms with Crippen molar-refractivity contribution in [3.8, 4) is 0 Å². The SMILES string of the molecule is CC1CCCN(S(=O)(=O)c2c(F)cccc2F)C1CN. The van der Waals surface area contributed by atoms with Gasteiger partial charge in [-0.05, 0) is 30.9 Å². The van der Waals surface area contributed by atoms with Gasteiger partial charge in [-0.3, -0.25) is 0 Å². The smallest absolute Gasteiger partial charge is 0.249 e. The molecule has 2 N–H and O–H groups in total. The van der Waals surface area contributed by atoms with E-state index in [0.29, 0.717) is 6.42 Å². The van der Waals surface area contributed by atoms with E-state index in [0.717, 1.165) is 28.9 Å². The van der Waals surface area contributed by atoms with Crippen LogP contribution < -0.4 is 5.73 Å². The Balaban J connectivity index is 2.49. The van der Waals surface area contributed by atoms with Gasteiger partial charge >= 0.3 is 0 Å². The molecule has 0 radical (unpaired) electrons. The first-order valence-electron chi connectivity index (χ1n) is 6.55. The van der Waals surface area contributed by atoms with Crippen LogP contribution in [-0.2, 0) is 10.0 Å². The quantitative estimate of drug-likeness (QED) is 0.924. The van der Waals surface area contributed by atoms with Crippen molar-refractivity contribution in [3.05, 3.63) is 29.8 Å². The molecular weight excluding hydrogens is 286 g/mol. The molecule has 0 saturated carbocycles. The van der Waals surface area contributed by atoms with Crippen LogP contribution in [0.25, 0.3) is 0 Å². The summed E-state index contributed by atoms with van der Waals surface area (Å²) in [5, 5.41) is 0. The largest absolute Gasteiger partial charge is 0.329 e. The molecule has 1 aromatic carbocycles. The van der Waals surface area contributed by atoms with Crippen LogP contribution in [0.3, 0.4) is 0 Å². The Morgan fingerprint density at radius 2 is 1.95 bits per heavy atom. The summed E-state index contributed by atoms with van der Waals surface area (Å²) < 4.78 is 53.7. The van der Waals surface area contributed by atoms with Gasteiger partial charge in [0.15, 0.2) is 4.90 Å². The van der Waals surface area contributed by atoms with Crippen molar-refractivity contribution in [2.45, 2.75) is 30.7 Å². The third-order valence-corrected chi connectivity index (χ3v) is 5.77. The standard InChI is InChI=1S/C13H18F2N2O2S/c1-9-4-3-7-17(12(9)8-16)20(18,19)13-10(14)5-2-6-11(13)15/h2,5-6,9,12H,3-4,7-8,16H2,1H3. The molecule has 2 atom stereocenters. The number of hydrogen-bond donors (Lipinski definition) is 1. The van der Waals surface area contributed by atoms with Crippen LogP contribution in [0.15, 0.2) is 23.1 Å². The van der Waals surface area contributed by atoms with Crippen molar-refractivity contribution in [2.75, 3.05) is 13.1 Å². The van der Waals surface area contributed by atoms with Crippen molar-refractivity contribution in [1.29, 1.82) is 0 Å². The third-order valence-electron chi connectivity index (χ3n) is 3.79. The monoisotopic (exact) mass is 304 g/mol. The molecule has 0 spiro atoms. The van der Waals surface area contributed by atoms with Gasteiger partial charge in [0.1, 0.15) is 11.6 Å². The fourth-order valence-corrected chi connectivity index (χ4v) is 4.59. The first kappa shape index (κ1) is 15.3. The minimum Gasteiger partial charge on any atom is -0.329 e. The van der Waals surface area contributed by atoms with Gasteiger partial charge in [0.2, 0.25) is 10.0 Å². The molecule has 20 heavy (non-hydrogen) atoms. The Morgan fingerprint density at radius 1 is 1.35 bits per heavy atom. The number of halogens is 2. The zero-order valence-corrected chi connectivity index (χ0v) is 12.0. The number of piperidine rings is 1. The van der Waals surface area contributed by atoms with Gasteiger partial charge in [0, 0.05) is 19.1 Å². The highest BCUT2D eigenvalue weighted by molar-refractivity contribution is 7.89. The first-order valence-corrected chi connectivity index (χ1v) is 7.99. The lowest BCUT2D eigenvalue weighted by Gasteiger charge is -2.38. The van der Waals surface area contributed by atoms with Gasteiger partial charge < -0.3 is 5.73 Å². The van der Waals surface area contributed by atoms with Gasteiger partial charge in [0.25, 0.3) is 0 Å². The third kappa shape index (κ3) is 2.57. The maximum atomic E-state index is 13.8. The van der Waals surface area contributed by atoms with E-state index in [2.05, 4.69) is 0 Å². The Hall–Kier alpha value is -1.05. The van der Waals surface area contributed by atoms with Gasteiger partial charge in [-0.2, -0.15) is 4.31 Å². The van der Waals surface area contributed by atoms with E-state index < -0.39 is 32.6 Å². The van der Waals surface area contributed by atoms with Gasteiger partial charge in [0.05, 0.1) is 0 Å². The molecular formula is C13H18F2N2O2S. The molecule has 0 aliphatic carbocycles. The summed E-state index contributed by atoms with van der Waals surface area (Å²) in [6.45, 7) is 2.27. The number of rotatable bonds is 3. The summed E-state index contributed by atoms with van der Waals surface area (Å²) in [5.74, 6) is -2.07. The predicted molar refractivity (Wildman–Crippen MR) is 71.5 cm³/mol. The second-order valence-electron chi connectivity index (χ2n) is 5.09. The second-order valence-corrected chi connectivity index (χ2v) is 6.92. The van der Waals surface area contributed by atoms with E-state index in [1.165, 1.54) is 0 Å². The molecule has 1 aliphatic rings. The molecule has 1 heterocycles. The maximum Gasteiger partial charge on any atom is 0.249 e. The van der Waals surface area contributed by atoms with E-state index >= 15 is 0 Å². The van der Waals surface area contributed by atoms with E-state index in [-0.39, 0.29) is 19.0 Å². The van der Waals surface area contributed by atoms with Crippen LogP contribution in [0.1, 0.15) is 19.8 Å². The number of hydrogen-bond acceptors (Lipinski definition) is 3. The molecule has 1 aliphatic heterocycles. The highest BCUT2D eigenvalue weighted by Crippen LogP contribution is 2.30. The molecule has 1 fully saturated rings. The first-order chi connectivity index (χ1) is 9.39. The summed E-state index contributed by atoms with van der Waals surface area (Å²) in [7, 11) is -4.21. The van der Waals surface area contributed by atoms with Crippen LogP contribution in [-0.4, -0.2) is 31.9 Å². The molecule has 2 unspecified atom stereocenters. The van der Waals surface area contributed by atoms with Crippen molar-refractivity contribution in [3.63, 3.8) is 0 Å². The van der Waals surface area contributed by atoms with Crippen LogP contribution in [0.2, 0.25) is 0 Å². The number of nitrogens with zero attached hydrogens (tertiary/aromatic N) is 1. The zero-order valence-electron chi connectivity index (χ0n) is 11.2. The number of benzene rings is 1.